The molecule has 0 fully saturated rings. The zero-order valence-corrected chi connectivity index (χ0v) is 11.9. The molecule has 2 aromatic carbocycles. The summed E-state index contributed by atoms with van der Waals surface area (Å²) in [5.41, 5.74) is 2.53. The van der Waals surface area contributed by atoms with E-state index in [-0.39, 0.29) is 5.75 Å². The van der Waals surface area contributed by atoms with Gasteiger partial charge in [0.15, 0.2) is 0 Å². The van der Waals surface area contributed by atoms with Gasteiger partial charge in [-0.1, -0.05) is 23.7 Å². The zero-order chi connectivity index (χ0) is 15.5. The van der Waals surface area contributed by atoms with Gasteiger partial charge in [0.25, 0.3) is 0 Å². The fourth-order valence-corrected chi connectivity index (χ4v) is 2.10. The van der Waals surface area contributed by atoms with E-state index in [1.165, 1.54) is 18.2 Å². The lowest BCUT2D eigenvalue weighted by Gasteiger charge is -2.12. The number of ether oxygens (including phenoxy) is 1. The van der Waals surface area contributed by atoms with Gasteiger partial charge in [-0.25, -0.2) is 0 Å². The summed E-state index contributed by atoms with van der Waals surface area (Å²) in [5, 5.41) is 3.79. The number of alkyl halides is 3. The van der Waals surface area contributed by atoms with Gasteiger partial charge in [0.1, 0.15) is 5.75 Å². The van der Waals surface area contributed by atoms with Gasteiger partial charge < -0.3 is 10.1 Å². The largest absolute Gasteiger partial charge is 0.573 e. The maximum absolute atomic E-state index is 12.2. The molecule has 0 bridgehead atoms. The normalized spacial score (nSPS) is 11.3. The summed E-state index contributed by atoms with van der Waals surface area (Å²) >= 11 is 5.87. The van der Waals surface area contributed by atoms with E-state index in [4.69, 9.17) is 11.6 Å². The van der Waals surface area contributed by atoms with Gasteiger partial charge in [0.05, 0.1) is 0 Å². The minimum absolute atomic E-state index is 0.227. The standard InChI is InChI=1S/C15H13ClF3NO/c1-10-7-12(16)5-6-14(10)20-9-11-3-2-4-13(8-11)21-15(17,18)19/h2-8,20H,9H2,1H3. The first kappa shape index (κ1) is 15.5. The molecule has 0 heterocycles. The molecule has 0 spiro atoms. The van der Waals surface area contributed by atoms with Crippen LogP contribution in [-0.2, 0) is 6.54 Å². The van der Waals surface area contributed by atoms with Gasteiger partial charge in [-0.2, -0.15) is 0 Å². The van der Waals surface area contributed by atoms with Crippen molar-refractivity contribution in [2.45, 2.75) is 19.8 Å². The second-order valence-corrected chi connectivity index (χ2v) is 4.94. The first-order valence-corrected chi connectivity index (χ1v) is 6.56. The van der Waals surface area contributed by atoms with Crippen LogP contribution < -0.4 is 10.1 Å². The molecule has 0 aliphatic carbocycles. The molecule has 0 amide bonds. The van der Waals surface area contributed by atoms with Crippen LogP contribution in [0, 0.1) is 6.92 Å². The lowest BCUT2D eigenvalue weighted by Crippen LogP contribution is -2.17. The molecular weight excluding hydrogens is 303 g/mol. The molecule has 21 heavy (non-hydrogen) atoms. The molecule has 2 aromatic rings. The minimum Gasteiger partial charge on any atom is -0.406 e. The van der Waals surface area contributed by atoms with E-state index in [1.54, 1.807) is 12.1 Å². The number of hydrogen-bond acceptors (Lipinski definition) is 2. The lowest BCUT2D eigenvalue weighted by atomic mass is 10.1. The van der Waals surface area contributed by atoms with E-state index in [1.807, 2.05) is 19.1 Å². The Bertz CT molecular complexity index is 629. The molecule has 6 heteroatoms. The van der Waals surface area contributed by atoms with Gasteiger partial charge in [-0.3, -0.25) is 0 Å². The Morgan fingerprint density at radius 2 is 1.90 bits per heavy atom. The summed E-state index contributed by atoms with van der Waals surface area (Å²) in [6.45, 7) is 2.29. The van der Waals surface area contributed by atoms with E-state index in [0.29, 0.717) is 17.1 Å². The summed E-state index contributed by atoms with van der Waals surface area (Å²) in [6, 6.07) is 11.3. The van der Waals surface area contributed by atoms with Crippen LogP contribution >= 0.6 is 11.6 Å². The Hall–Kier alpha value is -1.88. The molecule has 2 rings (SSSR count). The number of anilines is 1. The van der Waals surface area contributed by atoms with Crippen molar-refractivity contribution in [1.82, 2.24) is 0 Å². The van der Waals surface area contributed by atoms with Gasteiger partial charge in [0, 0.05) is 17.3 Å². The fraction of sp³-hybridized carbons (Fsp3) is 0.200. The number of rotatable bonds is 4. The summed E-state index contributed by atoms with van der Waals surface area (Å²) in [5.74, 6) is -0.227. The van der Waals surface area contributed by atoms with Gasteiger partial charge in [-0.15, -0.1) is 13.2 Å². The predicted octanol–water partition coefficient (Wildman–Crippen LogP) is 5.16. The highest BCUT2D eigenvalue weighted by Crippen LogP contribution is 2.24. The summed E-state index contributed by atoms with van der Waals surface area (Å²) in [4.78, 5) is 0. The van der Waals surface area contributed by atoms with Crippen LogP contribution in [0.1, 0.15) is 11.1 Å². The smallest absolute Gasteiger partial charge is 0.406 e. The molecule has 0 aliphatic heterocycles. The van der Waals surface area contributed by atoms with Crippen molar-refractivity contribution in [2.75, 3.05) is 5.32 Å². The summed E-state index contributed by atoms with van der Waals surface area (Å²) in [6.07, 6.45) is -4.68. The molecule has 2 nitrogen and oxygen atoms in total. The van der Waals surface area contributed by atoms with Crippen LogP contribution in [-0.4, -0.2) is 6.36 Å². The van der Waals surface area contributed by atoms with Crippen molar-refractivity contribution in [3.63, 3.8) is 0 Å². The second kappa shape index (κ2) is 6.26. The quantitative estimate of drug-likeness (QED) is 0.841. The number of nitrogens with one attached hydrogen (secondary N) is 1. The number of hydrogen-bond donors (Lipinski definition) is 1. The Balaban J connectivity index is 2.05. The highest BCUT2D eigenvalue weighted by molar-refractivity contribution is 6.30. The molecule has 0 aromatic heterocycles. The average molecular weight is 316 g/mol. The van der Waals surface area contributed by atoms with Crippen LogP contribution in [0.15, 0.2) is 42.5 Å². The van der Waals surface area contributed by atoms with Crippen LogP contribution in [0.4, 0.5) is 18.9 Å². The first-order valence-electron chi connectivity index (χ1n) is 6.18. The van der Waals surface area contributed by atoms with Crippen molar-refractivity contribution < 1.29 is 17.9 Å². The first-order chi connectivity index (χ1) is 9.83. The maximum Gasteiger partial charge on any atom is 0.573 e. The zero-order valence-electron chi connectivity index (χ0n) is 11.2. The molecule has 0 radical (unpaired) electrons. The highest BCUT2D eigenvalue weighted by atomic mass is 35.5. The number of halogens is 4. The van der Waals surface area contributed by atoms with E-state index in [0.717, 1.165) is 11.3 Å². The van der Waals surface area contributed by atoms with Crippen LogP contribution in [0.3, 0.4) is 0 Å². The molecule has 0 unspecified atom stereocenters. The van der Waals surface area contributed by atoms with Gasteiger partial charge >= 0.3 is 6.36 Å². The third-order valence-corrected chi connectivity index (χ3v) is 3.04. The Morgan fingerprint density at radius 1 is 1.14 bits per heavy atom. The van der Waals surface area contributed by atoms with E-state index in [9.17, 15) is 13.2 Å². The van der Waals surface area contributed by atoms with Crippen molar-refractivity contribution >= 4 is 17.3 Å². The SMILES string of the molecule is Cc1cc(Cl)ccc1NCc1cccc(OC(F)(F)F)c1. The summed E-state index contributed by atoms with van der Waals surface area (Å²) < 4.78 is 40.4. The topological polar surface area (TPSA) is 21.3 Å². The third-order valence-electron chi connectivity index (χ3n) is 2.80. The Labute approximate surface area is 125 Å². The summed E-state index contributed by atoms with van der Waals surface area (Å²) in [7, 11) is 0. The Morgan fingerprint density at radius 3 is 2.57 bits per heavy atom. The monoisotopic (exact) mass is 315 g/mol. The number of benzene rings is 2. The fourth-order valence-electron chi connectivity index (χ4n) is 1.88. The number of aryl methyl sites for hydroxylation is 1. The molecule has 0 saturated carbocycles. The maximum atomic E-state index is 12.2. The Kier molecular flexibility index (Phi) is 4.63. The van der Waals surface area contributed by atoms with Gasteiger partial charge in [0.2, 0.25) is 0 Å². The molecule has 0 aliphatic rings. The predicted molar refractivity (Wildman–Crippen MR) is 76.6 cm³/mol. The highest BCUT2D eigenvalue weighted by Gasteiger charge is 2.31. The second-order valence-electron chi connectivity index (χ2n) is 4.51. The van der Waals surface area contributed by atoms with Crippen molar-refractivity contribution in [2.24, 2.45) is 0 Å². The average Bonchev–Trinajstić information content (AvgIpc) is 2.36. The minimum atomic E-state index is -4.68. The van der Waals surface area contributed by atoms with Gasteiger partial charge in [-0.05, 0) is 48.4 Å². The third kappa shape index (κ3) is 4.86. The van der Waals surface area contributed by atoms with Crippen LogP contribution in [0.5, 0.6) is 5.75 Å². The molecule has 112 valence electrons. The van der Waals surface area contributed by atoms with E-state index >= 15 is 0 Å². The lowest BCUT2D eigenvalue weighted by molar-refractivity contribution is -0.274. The molecular formula is C15H13ClF3NO. The van der Waals surface area contributed by atoms with Crippen LogP contribution in [0.25, 0.3) is 0 Å². The van der Waals surface area contributed by atoms with Crippen molar-refractivity contribution in [3.05, 3.63) is 58.6 Å². The molecule has 1 N–H and O–H groups in total. The van der Waals surface area contributed by atoms with E-state index < -0.39 is 6.36 Å². The molecule has 0 saturated heterocycles. The van der Waals surface area contributed by atoms with Crippen molar-refractivity contribution in [1.29, 1.82) is 0 Å². The van der Waals surface area contributed by atoms with E-state index in [2.05, 4.69) is 10.1 Å². The molecule has 0 atom stereocenters. The van der Waals surface area contributed by atoms with Crippen LogP contribution in [0.2, 0.25) is 5.02 Å². The van der Waals surface area contributed by atoms with Crippen molar-refractivity contribution in [3.8, 4) is 5.75 Å².